The minimum Gasteiger partial charge on any atom is -0.450 e. The SMILES string of the molecule is Cc1cc(C)n2nc(C(=O)OCC(=O)Nc3ccccc3Sc3ccccc3)nc2n1. The highest BCUT2D eigenvalue weighted by molar-refractivity contribution is 7.99. The summed E-state index contributed by atoms with van der Waals surface area (Å²) >= 11 is 1.53. The Morgan fingerprint density at radius 2 is 1.77 bits per heavy atom. The van der Waals surface area contributed by atoms with E-state index in [1.807, 2.05) is 68.4 Å². The van der Waals surface area contributed by atoms with Gasteiger partial charge in [0, 0.05) is 21.2 Å². The third-order valence-electron chi connectivity index (χ3n) is 4.27. The van der Waals surface area contributed by atoms with Crippen LogP contribution in [0.3, 0.4) is 0 Å². The predicted molar refractivity (Wildman–Crippen MR) is 116 cm³/mol. The number of hydrogen-bond acceptors (Lipinski definition) is 7. The number of esters is 1. The van der Waals surface area contributed by atoms with E-state index in [0.717, 1.165) is 21.2 Å². The Labute approximate surface area is 182 Å². The lowest BCUT2D eigenvalue weighted by molar-refractivity contribution is -0.119. The van der Waals surface area contributed by atoms with Crippen molar-refractivity contribution in [3.8, 4) is 0 Å². The van der Waals surface area contributed by atoms with Gasteiger partial charge in [0.05, 0.1) is 5.69 Å². The van der Waals surface area contributed by atoms with E-state index in [-0.39, 0.29) is 5.82 Å². The zero-order valence-electron chi connectivity index (χ0n) is 16.9. The first kappa shape index (κ1) is 20.5. The lowest BCUT2D eigenvalue weighted by atomic mass is 10.3. The van der Waals surface area contributed by atoms with Crippen LogP contribution in [0.2, 0.25) is 0 Å². The molecule has 156 valence electrons. The summed E-state index contributed by atoms with van der Waals surface area (Å²) in [5.41, 5.74) is 2.20. The minimum absolute atomic E-state index is 0.144. The van der Waals surface area contributed by atoms with Crippen LogP contribution >= 0.6 is 11.8 Å². The number of anilines is 1. The van der Waals surface area contributed by atoms with Gasteiger partial charge in [0.1, 0.15) is 0 Å². The molecular formula is C22H19N5O3S. The fraction of sp³-hybridized carbons (Fsp3) is 0.136. The molecule has 0 fully saturated rings. The molecule has 9 heteroatoms. The second-order valence-electron chi connectivity index (χ2n) is 6.72. The second-order valence-corrected chi connectivity index (χ2v) is 7.84. The Kier molecular flexibility index (Phi) is 5.94. The molecule has 0 saturated heterocycles. The molecule has 0 spiro atoms. The Balaban J connectivity index is 1.40. The second kappa shape index (κ2) is 8.97. The van der Waals surface area contributed by atoms with Crippen molar-refractivity contribution in [1.82, 2.24) is 19.6 Å². The van der Waals surface area contributed by atoms with Crippen LogP contribution in [0.15, 0.2) is 70.5 Å². The van der Waals surface area contributed by atoms with E-state index in [1.165, 1.54) is 16.3 Å². The Morgan fingerprint density at radius 3 is 2.58 bits per heavy atom. The van der Waals surface area contributed by atoms with Crippen molar-refractivity contribution in [1.29, 1.82) is 0 Å². The molecule has 2 aromatic carbocycles. The van der Waals surface area contributed by atoms with E-state index in [1.54, 1.807) is 6.07 Å². The van der Waals surface area contributed by atoms with Gasteiger partial charge in [0.15, 0.2) is 6.61 Å². The van der Waals surface area contributed by atoms with Crippen molar-refractivity contribution in [3.05, 3.63) is 77.9 Å². The van der Waals surface area contributed by atoms with Gasteiger partial charge in [0.25, 0.3) is 17.5 Å². The molecular weight excluding hydrogens is 414 g/mol. The topological polar surface area (TPSA) is 98.5 Å². The Hall–Kier alpha value is -3.72. The van der Waals surface area contributed by atoms with Crippen molar-refractivity contribution in [2.24, 2.45) is 0 Å². The molecule has 4 aromatic rings. The van der Waals surface area contributed by atoms with Crippen LogP contribution in [-0.2, 0) is 9.53 Å². The first-order valence-corrected chi connectivity index (χ1v) is 10.3. The van der Waals surface area contributed by atoms with Crippen molar-refractivity contribution >= 4 is 35.1 Å². The van der Waals surface area contributed by atoms with Gasteiger partial charge in [-0.25, -0.2) is 14.3 Å². The van der Waals surface area contributed by atoms with Gasteiger partial charge < -0.3 is 10.1 Å². The monoisotopic (exact) mass is 433 g/mol. The quantitative estimate of drug-likeness (QED) is 0.463. The number of fused-ring (bicyclic) bond motifs is 1. The van der Waals surface area contributed by atoms with Gasteiger partial charge in [-0.2, -0.15) is 4.98 Å². The lowest BCUT2D eigenvalue weighted by Gasteiger charge is -2.10. The lowest BCUT2D eigenvalue weighted by Crippen LogP contribution is -2.21. The fourth-order valence-corrected chi connectivity index (χ4v) is 3.83. The summed E-state index contributed by atoms with van der Waals surface area (Å²) in [6.07, 6.45) is 0. The molecule has 0 saturated carbocycles. The molecule has 2 heterocycles. The summed E-state index contributed by atoms with van der Waals surface area (Å²) in [6, 6.07) is 19.1. The molecule has 0 aliphatic heterocycles. The molecule has 4 rings (SSSR count). The van der Waals surface area contributed by atoms with E-state index in [9.17, 15) is 9.59 Å². The largest absolute Gasteiger partial charge is 0.450 e. The van der Waals surface area contributed by atoms with Gasteiger partial charge in [0.2, 0.25) is 0 Å². The molecule has 8 nitrogen and oxygen atoms in total. The van der Waals surface area contributed by atoms with E-state index in [4.69, 9.17) is 4.74 Å². The van der Waals surface area contributed by atoms with Crippen LogP contribution in [0.1, 0.15) is 22.0 Å². The van der Waals surface area contributed by atoms with Crippen molar-refractivity contribution in [2.45, 2.75) is 23.6 Å². The molecule has 0 bridgehead atoms. The summed E-state index contributed by atoms with van der Waals surface area (Å²) in [6.45, 7) is 3.21. The fourth-order valence-electron chi connectivity index (χ4n) is 2.91. The van der Waals surface area contributed by atoms with Crippen LogP contribution in [-0.4, -0.2) is 38.1 Å². The van der Waals surface area contributed by atoms with Crippen LogP contribution in [0.5, 0.6) is 0 Å². The van der Waals surface area contributed by atoms with Crippen molar-refractivity contribution in [2.75, 3.05) is 11.9 Å². The predicted octanol–water partition coefficient (Wildman–Crippen LogP) is 3.69. The summed E-state index contributed by atoms with van der Waals surface area (Å²) < 4.78 is 6.56. The zero-order chi connectivity index (χ0) is 21.8. The summed E-state index contributed by atoms with van der Waals surface area (Å²) in [7, 11) is 0. The average Bonchev–Trinajstić information content (AvgIpc) is 3.19. The number of benzene rings is 2. The number of aryl methyl sites for hydroxylation is 2. The first-order chi connectivity index (χ1) is 15.0. The van der Waals surface area contributed by atoms with Gasteiger partial charge in [-0.3, -0.25) is 4.79 Å². The van der Waals surface area contributed by atoms with E-state index in [0.29, 0.717) is 11.5 Å². The standard InChI is InChI=1S/C22H19N5O3S/c1-14-12-15(2)27-22(23-14)25-20(26-27)21(29)30-13-19(28)24-17-10-6-7-11-18(17)31-16-8-4-3-5-9-16/h3-12H,13H2,1-2H3,(H,24,28). The maximum atomic E-state index is 12.4. The number of carbonyl (C=O) groups excluding carboxylic acids is 2. The molecule has 0 aliphatic carbocycles. The number of ether oxygens (including phenoxy) is 1. The van der Waals surface area contributed by atoms with Crippen LogP contribution < -0.4 is 5.32 Å². The number of nitrogens with one attached hydrogen (secondary N) is 1. The average molecular weight is 433 g/mol. The summed E-state index contributed by atoms with van der Waals surface area (Å²) in [5.74, 6) is -1.08. The summed E-state index contributed by atoms with van der Waals surface area (Å²) in [5, 5.41) is 6.90. The van der Waals surface area contributed by atoms with Crippen molar-refractivity contribution in [3.63, 3.8) is 0 Å². The highest BCUT2D eigenvalue weighted by atomic mass is 32.2. The van der Waals surface area contributed by atoms with Crippen molar-refractivity contribution < 1.29 is 14.3 Å². The van der Waals surface area contributed by atoms with Crippen LogP contribution in [0.25, 0.3) is 5.78 Å². The number of carbonyl (C=O) groups is 2. The van der Waals surface area contributed by atoms with Crippen LogP contribution in [0, 0.1) is 13.8 Å². The number of rotatable bonds is 6. The highest BCUT2D eigenvalue weighted by Gasteiger charge is 2.18. The smallest absolute Gasteiger partial charge is 0.378 e. The molecule has 1 amide bonds. The van der Waals surface area contributed by atoms with Gasteiger partial charge >= 0.3 is 5.97 Å². The molecule has 31 heavy (non-hydrogen) atoms. The minimum atomic E-state index is -0.787. The highest BCUT2D eigenvalue weighted by Crippen LogP contribution is 2.33. The number of amides is 1. The number of para-hydroxylation sites is 1. The first-order valence-electron chi connectivity index (χ1n) is 9.49. The van der Waals surface area contributed by atoms with Crippen LogP contribution in [0.4, 0.5) is 5.69 Å². The van der Waals surface area contributed by atoms with Gasteiger partial charge in [-0.1, -0.05) is 42.1 Å². The molecule has 2 aromatic heterocycles. The molecule has 0 aliphatic rings. The van der Waals surface area contributed by atoms with E-state index >= 15 is 0 Å². The normalized spacial score (nSPS) is 10.8. The summed E-state index contributed by atoms with van der Waals surface area (Å²) in [4.78, 5) is 34.9. The third-order valence-corrected chi connectivity index (χ3v) is 5.35. The molecule has 0 atom stereocenters. The number of hydrogen-bond donors (Lipinski definition) is 1. The zero-order valence-corrected chi connectivity index (χ0v) is 17.7. The maximum Gasteiger partial charge on any atom is 0.378 e. The van der Waals surface area contributed by atoms with E-state index < -0.39 is 18.5 Å². The number of aromatic nitrogens is 4. The maximum absolute atomic E-state index is 12.4. The van der Waals surface area contributed by atoms with Gasteiger partial charge in [-0.15, -0.1) is 5.10 Å². The molecule has 1 N–H and O–H groups in total. The molecule has 0 radical (unpaired) electrons. The third kappa shape index (κ3) is 4.89. The Bertz CT molecular complexity index is 1260. The van der Waals surface area contributed by atoms with Gasteiger partial charge in [-0.05, 0) is 44.2 Å². The number of nitrogens with zero attached hydrogens (tertiary/aromatic N) is 4. The Morgan fingerprint density at radius 1 is 1.03 bits per heavy atom. The van der Waals surface area contributed by atoms with E-state index in [2.05, 4.69) is 20.4 Å². The molecule has 0 unspecified atom stereocenters.